The van der Waals surface area contributed by atoms with E-state index >= 15 is 0 Å². The van der Waals surface area contributed by atoms with Gasteiger partial charge in [0.25, 0.3) is 0 Å². The van der Waals surface area contributed by atoms with Gasteiger partial charge in [-0.15, -0.1) is 0 Å². The molecule has 2 N–H and O–H groups in total. The summed E-state index contributed by atoms with van der Waals surface area (Å²) in [6.07, 6.45) is 0. The van der Waals surface area contributed by atoms with Crippen LogP contribution in [0.2, 0.25) is 0 Å². The van der Waals surface area contributed by atoms with Crippen LogP contribution in [0.15, 0.2) is 54.6 Å². The van der Waals surface area contributed by atoms with E-state index in [4.69, 9.17) is 4.74 Å². The summed E-state index contributed by atoms with van der Waals surface area (Å²) in [5, 5.41) is 22.0. The summed E-state index contributed by atoms with van der Waals surface area (Å²) in [7, 11) is 1.73. The maximum Gasteiger partial charge on any atom is 0.166 e. The van der Waals surface area contributed by atoms with Gasteiger partial charge in [-0.2, -0.15) is 5.26 Å². The van der Waals surface area contributed by atoms with Crippen LogP contribution >= 0.6 is 0 Å². The van der Waals surface area contributed by atoms with Crippen molar-refractivity contribution >= 4 is 0 Å². The van der Waals surface area contributed by atoms with E-state index in [1.165, 1.54) is 0 Å². The summed E-state index contributed by atoms with van der Waals surface area (Å²) >= 11 is 0. The number of nitrogens with zero attached hydrogens (tertiary/aromatic N) is 1. The first-order valence-corrected chi connectivity index (χ1v) is 6.73. The zero-order chi connectivity index (χ0) is 15.1. The molecule has 0 bridgehead atoms. The van der Waals surface area contributed by atoms with Gasteiger partial charge in [0.2, 0.25) is 0 Å². The molecule has 0 heterocycles. The van der Waals surface area contributed by atoms with Crippen LogP contribution in [0.5, 0.6) is 5.75 Å². The van der Waals surface area contributed by atoms with E-state index in [9.17, 15) is 10.4 Å². The van der Waals surface area contributed by atoms with Gasteiger partial charge in [0, 0.05) is 5.56 Å². The normalized spacial score (nSPS) is 13.2. The predicted molar refractivity (Wildman–Crippen MR) is 80.7 cm³/mol. The summed E-state index contributed by atoms with van der Waals surface area (Å²) in [6, 6.07) is 19.0. The molecule has 0 aliphatic rings. The van der Waals surface area contributed by atoms with Crippen molar-refractivity contribution in [3.05, 3.63) is 65.7 Å². The quantitative estimate of drug-likeness (QED) is 0.852. The van der Waals surface area contributed by atoms with Gasteiger partial charge in [-0.1, -0.05) is 48.5 Å². The fraction of sp³-hybridized carbons (Fsp3) is 0.235. The zero-order valence-corrected chi connectivity index (χ0v) is 11.9. The molecule has 0 fully saturated rings. The van der Waals surface area contributed by atoms with Gasteiger partial charge in [-0.25, -0.2) is 0 Å². The molecule has 21 heavy (non-hydrogen) atoms. The summed E-state index contributed by atoms with van der Waals surface area (Å²) in [5.74, 6) is 0.589. The van der Waals surface area contributed by atoms with Crippen molar-refractivity contribution < 1.29 is 9.84 Å². The smallest absolute Gasteiger partial charge is 0.166 e. The lowest BCUT2D eigenvalue weighted by Gasteiger charge is -2.27. The molecule has 1 atom stereocenters. The van der Waals surface area contributed by atoms with Gasteiger partial charge in [-0.3, -0.25) is 5.32 Å². The van der Waals surface area contributed by atoms with Gasteiger partial charge in [0.1, 0.15) is 12.4 Å². The maximum atomic E-state index is 9.59. The van der Waals surface area contributed by atoms with E-state index in [0.717, 1.165) is 5.56 Å². The van der Waals surface area contributed by atoms with Crippen LogP contribution in [0.1, 0.15) is 11.1 Å². The number of para-hydroxylation sites is 1. The summed E-state index contributed by atoms with van der Waals surface area (Å²) in [6.45, 7) is 0.0572. The highest BCUT2D eigenvalue weighted by Crippen LogP contribution is 2.24. The lowest BCUT2D eigenvalue weighted by atomic mass is 9.92. The number of likely N-dealkylation sites (N-methyl/N-ethyl adjacent to an activating group) is 1. The Labute approximate surface area is 124 Å². The fourth-order valence-corrected chi connectivity index (χ4v) is 2.14. The molecule has 0 saturated carbocycles. The van der Waals surface area contributed by atoms with Crippen LogP contribution in [0.4, 0.5) is 0 Å². The molecule has 0 aromatic heterocycles. The third kappa shape index (κ3) is 3.22. The molecule has 0 aliphatic heterocycles. The molecular weight excluding hydrogens is 264 g/mol. The van der Waals surface area contributed by atoms with Gasteiger partial charge in [0.05, 0.1) is 12.7 Å². The van der Waals surface area contributed by atoms with E-state index in [1.807, 2.05) is 42.5 Å². The number of nitriles is 1. The second kappa shape index (κ2) is 6.89. The molecular formula is C17H18N2O2. The molecule has 1 unspecified atom stereocenters. The van der Waals surface area contributed by atoms with E-state index < -0.39 is 5.54 Å². The highest BCUT2D eigenvalue weighted by Gasteiger charge is 2.31. The largest absolute Gasteiger partial charge is 0.490 e. The second-order valence-electron chi connectivity index (χ2n) is 4.69. The molecule has 4 heteroatoms. The molecule has 4 nitrogen and oxygen atoms in total. The minimum atomic E-state index is -0.927. The highest BCUT2D eigenvalue weighted by atomic mass is 16.5. The van der Waals surface area contributed by atoms with Gasteiger partial charge < -0.3 is 9.84 Å². The van der Waals surface area contributed by atoms with E-state index in [-0.39, 0.29) is 13.2 Å². The van der Waals surface area contributed by atoms with Crippen LogP contribution in [-0.4, -0.2) is 18.8 Å². The van der Waals surface area contributed by atoms with E-state index in [1.54, 1.807) is 19.2 Å². The lowest BCUT2D eigenvalue weighted by molar-refractivity contribution is 0.219. The van der Waals surface area contributed by atoms with Crippen LogP contribution in [0.3, 0.4) is 0 Å². The molecule has 2 aromatic carbocycles. The Kier molecular flexibility index (Phi) is 4.94. The molecule has 2 rings (SSSR count). The lowest BCUT2D eigenvalue weighted by Crippen LogP contribution is -2.44. The first-order chi connectivity index (χ1) is 10.3. The molecule has 0 saturated heterocycles. The Morgan fingerprint density at radius 1 is 1.14 bits per heavy atom. The number of nitrogens with one attached hydrogen (secondary N) is 1. The third-order valence-corrected chi connectivity index (χ3v) is 3.47. The number of aliphatic hydroxyl groups is 1. The van der Waals surface area contributed by atoms with E-state index in [2.05, 4.69) is 11.4 Å². The Bertz CT molecular complexity index is 622. The van der Waals surface area contributed by atoms with Gasteiger partial charge in [-0.05, 0) is 18.7 Å². The number of hydrogen-bond donors (Lipinski definition) is 2. The van der Waals surface area contributed by atoms with Gasteiger partial charge >= 0.3 is 0 Å². The average Bonchev–Trinajstić information content (AvgIpc) is 2.57. The van der Waals surface area contributed by atoms with Crippen molar-refractivity contribution in [2.24, 2.45) is 0 Å². The number of benzene rings is 2. The molecule has 0 spiro atoms. The Morgan fingerprint density at radius 3 is 2.43 bits per heavy atom. The van der Waals surface area contributed by atoms with Crippen LogP contribution in [0.25, 0.3) is 0 Å². The third-order valence-electron chi connectivity index (χ3n) is 3.47. The zero-order valence-electron chi connectivity index (χ0n) is 11.9. The number of ether oxygens (including phenoxy) is 1. The van der Waals surface area contributed by atoms with Crippen LogP contribution in [0, 0.1) is 11.3 Å². The molecule has 0 aliphatic carbocycles. The van der Waals surface area contributed by atoms with E-state index in [0.29, 0.717) is 11.3 Å². The summed E-state index contributed by atoms with van der Waals surface area (Å²) < 4.78 is 5.78. The first-order valence-electron chi connectivity index (χ1n) is 6.73. The first kappa shape index (κ1) is 15.0. The minimum absolute atomic E-state index is 0.0966. The van der Waals surface area contributed by atoms with Crippen molar-refractivity contribution in [1.29, 1.82) is 5.26 Å². The predicted octanol–water partition coefficient (Wildman–Crippen LogP) is 2.20. The Balaban J connectivity index is 2.24. The topological polar surface area (TPSA) is 65.3 Å². The second-order valence-corrected chi connectivity index (χ2v) is 4.69. The molecule has 0 radical (unpaired) electrons. The molecule has 108 valence electrons. The fourth-order valence-electron chi connectivity index (χ4n) is 2.14. The van der Waals surface area contributed by atoms with Crippen LogP contribution in [-0.2, 0) is 12.1 Å². The molecule has 2 aromatic rings. The van der Waals surface area contributed by atoms with Crippen molar-refractivity contribution in [2.75, 3.05) is 13.7 Å². The van der Waals surface area contributed by atoms with Crippen molar-refractivity contribution in [3.63, 3.8) is 0 Å². The SMILES string of the molecule is CNC(C#N)(COc1ccccc1CO)c1ccccc1. The van der Waals surface area contributed by atoms with Crippen molar-refractivity contribution in [2.45, 2.75) is 12.1 Å². The highest BCUT2D eigenvalue weighted by molar-refractivity contribution is 5.35. The maximum absolute atomic E-state index is 9.59. The Morgan fingerprint density at radius 2 is 1.81 bits per heavy atom. The summed E-state index contributed by atoms with van der Waals surface area (Å²) in [4.78, 5) is 0. The van der Waals surface area contributed by atoms with Gasteiger partial charge in [0.15, 0.2) is 5.54 Å². The number of hydrogen-bond acceptors (Lipinski definition) is 4. The number of rotatable bonds is 6. The summed E-state index contributed by atoms with van der Waals surface area (Å²) in [5.41, 5.74) is 0.620. The van der Waals surface area contributed by atoms with Crippen molar-refractivity contribution in [3.8, 4) is 11.8 Å². The minimum Gasteiger partial charge on any atom is -0.490 e. The number of aliphatic hydroxyl groups excluding tert-OH is 1. The monoisotopic (exact) mass is 282 g/mol. The molecule has 0 amide bonds. The standard InChI is InChI=1S/C17H18N2O2/c1-19-17(12-18,15-8-3-2-4-9-15)13-21-16-10-6-5-7-14(16)11-20/h2-10,19-20H,11,13H2,1H3. The van der Waals surface area contributed by atoms with Crippen molar-refractivity contribution in [1.82, 2.24) is 5.32 Å². The van der Waals surface area contributed by atoms with Crippen LogP contribution < -0.4 is 10.1 Å². The average molecular weight is 282 g/mol. The Hall–Kier alpha value is -2.35.